The van der Waals surface area contributed by atoms with Crippen LogP contribution in [0.2, 0.25) is 5.02 Å². The van der Waals surface area contributed by atoms with Crippen molar-refractivity contribution in [2.75, 3.05) is 10.5 Å². The van der Waals surface area contributed by atoms with Crippen molar-refractivity contribution in [1.29, 1.82) is 0 Å². The van der Waals surface area contributed by atoms with E-state index in [0.29, 0.717) is 0 Å². The van der Waals surface area contributed by atoms with Gasteiger partial charge in [-0.25, -0.2) is 0 Å². The molecule has 3 N–H and O–H groups in total. The predicted molar refractivity (Wildman–Crippen MR) is 60.1 cm³/mol. The highest BCUT2D eigenvalue weighted by Gasteiger charge is 2.22. The minimum atomic E-state index is 0.724. The maximum Gasteiger partial charge on any atom is 0.0649 e. The molecule has 2 rings (SSSR count). The molecule has 0 saturated heterocycles. The monoisotopic (exact) mass is 214 g/mol. The molecule has 1 aliphatic carbocycles. The highest BCUT2D eigenvalue weighted by atomic mass is 35.5. The summed E-state index contributed by atoms with van der Waals surface area (Å²) in [5, 5.41) is 1.49. The van der Waals surface area contributed by atoms with Gasteiger partial charge in [-0.05, 0) is 43.0 Å². The average molecular weight is 215 g/mol. The van der Waals surface area contributed by atoms with Gasteiger partial charge in [-0.1, -0.05) is 11.6 Å². The number of benzene rings is 1. The van der Waals surface area contributed by atoms with Gasteiger partial charge in [-0.2, -0.15) is 0 Å². The number of hydrogen-bond donors (Lipinski definition) is 2. The van der Waals surface area contributed by atoms with Gasteiger partial charge in [-0.3, -0.25) is 0 Å². The number of rotatable bonds is 3. The zero-order valence-corrected chi connectivity index (χ0v) is 8.66. The summed E-state index contributed by atoms with van der Waals surface area (Å²) in [4.78, 5) is 0. The molecular weight excluding hydrogens is 204 g/mol. The Hall–Kier alpha value is -0.540. The number of halogens is 1. The maximum absolute atomic E-state index is 5.97. The summed E-state index contributed by atoms with van der Waals surface area (Å²) < 4.78 is 3.22. The lowest BCUT2D eigenvalue weighted by Gasteiger charge is -2.06. The molecule has 13 heavy (non-hydrogen) atoms. The summed E-state index contributed by atoms with van der Waals surface area (Å²) in [6, 6.07) is 5.47. The van der Waals surface area contributed by atoms with Crippen LogP contribution in [0, 0.1) is 0 Å². The summed E-state index contributed by atoms with van der Waals surface area (Å²) in [6.07, 6.45) is 2.61. The second-order valence-electron chi connectivity index (χ2n) is 3.16. The number of hydrogen-bond acceptors (Lipinski definition) is 3. The van der Waals surface area contributed by atoms with Gasteiger partial charge in [0, 0.05) is 10.9 Å². The van der Waals surface area contributed by atoms with Gasteiger partial charge in [0.2, 0.25) is 0 Å². The van der Waals surface area contributed by atoms with Crippen molar-refractivity contribution >= 4 is 34.9 Å². The van der Waals surface area contributed by atoms with Crippen molar-refractivity contribution < 1.29 is 0 Å². The lowest BCUT2D eigenvalue weighted by molar-refractivity contribution is 1.50. The van der Waals surface area contributed by atoms with Gasteiger partial charge in [0.1, 0.15) is 0 Å². The Balaban J connectivity index is 2.03. The topological polar surface area (TPSA) is 38.0 Å². The number of anilines is 2. The van der Waals surface area contributed by atoms with Gasteiger partial charge < -0.3 is 10.5 Å². The zero-order valence-electron chi connectivity index (χ0n) is 7.09. The first-order valence-electron chi connectivity index (χ1n) is 4.22. The SMILES string of the molecule is Nc1ccc(Cl)c(NSC2CC2)c1. The molecule has 2 nitrogen and oxygen atoms in total. The molecule has 1 saturated carbocycles. The number of nitrogens with one attached hydrogen (secondary N) is 1. The van der Waals surface area contributed by atoms with E-state index in [1.807, 2.05) is 12.1 Å². The first-order valence-corrected chi connectivity index (χ1v) is 5.48. The normalized spacial score (nSPS) is 15.8. The van der Waals surface area contributed by atoms with E-state index in [0.717, 1.165) is 21.6 Å². The molecule has 0 bridgehead atoms. The Morgan fingerprint density at radius 1 is 1.46 bits per heavy atom. The van der Waals surface area contributed by atoms with Gasteiger partial charge in [0.15, 0.2) is 0 Å². The number of nitrogens with two attached hydrogens (primary N) is 1. The summed E-state index contributed by atoms with van der Waals surface area (Å²) in [6.45, 7) is 0. The molecule has 1 aromatic carbocycles. The fourth-order valence-corrected chi connectivity index (χ4v) is 2.01. The van der Waals surface area contributed by atoms with Gasteiger partial charge in [0.05, 0.1) is 10.7 Å². The summed E-state index contributed by atoms with van der Waals surface area (Å²) in [7, 11) is 0. The van der Waals surface area contributed by atoms with E-state index in [4.69, 9.17) is 17.3 Å². The predicted octanol–water partition coefficient (Wildman–Crippen LogP) is 3.14. The zero-order chi connectivity index (χ0) is 9.26. The molecule has 1 aromatic rings. The van der Waals surface area contributed by atoms with Crippen LogP contribution in [0.3, 0.4) is 0 Å². The van der Waals surface area contributed by atoms with Crippen molar-refractivity contribution in [1.82, 2.24) is 0 Å². The first-order chi connectivity index (χ1) is 6.25. The maximum atomic E-state index is 5.97. The molecule has 0 atom stereocenters. The minimum absolute atomic E-state index is 0.724. The molecule has 1 fully saturated rings. The fraction of sp³-hybridized carbons (Fsp3) is 0.333. The van der Waals surface area contributed by atoms with Crippen LogP contribution in [-0.4, -0.2) is 5.25 Å². The van der Waals surface area contributed by atoms with Gasteiger partial charge >= 0.3 is 0 Å². The molecule has 70 valence electrons. The minimum Gasteiger partial charge on any atom is -0.399 e. The highest BCUT2D eigenvalue weighted by Crippen LogP contribution is 2.36. The summed E-state index contributed by atoms with van der Waals surface area (Å²) in [5.74, 6) is 0. The Morgan fingerprint density at radius 2 is 2.23 bits per heavy atom. The van der Waals surface area contributed by atoms with Crippen molar-refractivity contribution in [3.05, 3.63) is 23.2 Å². The molecule has 4 heteroatoms. The Bertz CT molecular complexity index is 312. The van der Waals surface area contributed by atoms with Gasteiger partial charge in [0.25, 0.3) is 0 Å². The standard InChI is InChI=1S/C9H11ClN2S/c10-8-4-1-6(11)5-9(8)12-13-7-2-3-7/h1,4-5,7,12H,2-3,11H2. The van der Waals surface area contributed by atoms with Crippen LogP contribution in [0.1, 0.15) is 12.8 Å². The van der Waals surface area contributed by atoms with Gasteiger partial charge in [-0.15, -0.1) is 0 Å². The largest absolute Gasteiger partial charge is 0.399 e. The van der Waals surface area contributed by atoms with E-state index in [-0.39, 0.29) is 0 Å². The quantitative estimate of drug-likeness (QED) is 0.600. The van der Waals surface area contributed by atoms with E-state index >= 15 is 0 Å². The summed E-state index contributed by atoms with van der Waals surface area (Å²) >= 11 is 7.70. The molecule has 0 unspecified atom stereocenters. The van der Waals surface area contributed by atoms with E-state index in [2.05, 4.69) is 4.72 Å². The lowest BCUT2D eigenvalue weighted by atomic mass is 10.3. The van der Waals surface area contributed by atoms with Crippen LogP contribution in [0.4, 0.5) is 11.4 Å². The average Bonchev–Trinajstić information content (AvgIpc) is 2.90. The molecule has 0 amide bonds. The van der Waals surface area contributed by atoms with Crippen LogP contribution in [0.25, 0.3) is 0 Å². The van der Waals surface area contributed by atoms with Crippen LogP contribution < -0.4 is 10.5 Å². The molecule has 0 aromatic heterocycles. The Morgan fingerprint density at radius 3 is 2.92 bits per heavy atom. The molecule has 1 aliphatic rings. The lowest BCUT2D eigenvalue weighted by Crippen LogP contribution is -1.92. The van der Waals surface area contributed by atoms with E-state index in [9.17, 15) is 0 Å². The van der Waals surface area contributed by atoms with Crippen LogP contribution in [0.5, 0.6) is 0 Å². The molecule has 0 heterocycles. The third-order valence-corrected chi connectivity index (χ3v) is 3.32. The second-order valence-corrected chi connectivity index (χ2v) is 4.67. The van der Waals surface area contributed by atoms with E-state index in [1.54, 1.807) is 18.0 Å². The Labute approximate surface area is 87.0 Å². The fourth-order valence-electron chi connectivity index (χ4n) is 0.954. The number of nitrogen functional groups attached to an aromatic ring is 1. The second kappa shape index (κ2) is 3.68. The van der Waals surface area contributed by atoms with E-state index in [1.165, 1.54) is 12.8 Å². The molecule has 0 spiro atoms. The smallest absolute Gasteiger partial charge is 0.0649 e. The first kappa shape index (κ1) is 9.03. The van der Waals surface area contributed by atoms with Crippen molar-refractivity contribution in [3.8, 4) is 0 Å². The van der Waals surface area contributed by atoms with Crippen molar-refractivity contribution in [3.63, 3.8) is 0 Å². The Kier molecular flexibility index (Phi) is 2.56. The molecule has 0 radical (unpaired) electrons. The van der Waals surface area contributed by atoms with Crippen LogP contribution in [0.15, 0.2) is 18.2 Å². The molecule has 0 aliphatic heterocycles. The van der Waals surface area contributed by atoms with E-state index < -0.39 is 0 Å². The third kappa shape index (κ3) is 2.45. The summed E-state index contributed by atoms with van der Waals surface area (Å²) in [5.41, 5.74) is 7.30. The van der Waals surface area contributed by atoms with Crippen LogP contribution >= 0.6 is 23.5 Å². The van der Waals surface area contributed by atoms with Crippen molar-refractivity contribution in [2.45, 2.75) is 18.1 Å². The molecular formula is C9H11ClN2S. The highest BCUT2D eigenvalue weighted by molar-refractivity contribution is 8.01. The van der Waals surface area contributed by atoms with Crippen molar-refractivity contribution in [2.24, 2.45) is 0 Å². The third-order valence-electron chi connectivity index (χ3n) is 1.85. The van der Waals surface area contributed by atoms with Crippen LogP contribution in [-0.2, 0) is 0 Å².